The highest BCUT2D eigenvalue weighted by molar-refractivity contribution is 5.97. The lowest BCUT2D eigenvalue weighted by atomic mass is 10.1. The van der Waals surface area contributed by atoms with Crippen molar-refractivity contribution in [2.45, 2.75) is 6.92 Å². The second-order valence-corrected chi connectivity index (χ2v) is 6.36. The van der Waals surface area contributed by atoms with E-state index in [1.165, 1.54) is 6.07 Å². The van der Waals surface area contributed by atoms with Crippen molar-refractivity contribution in [2.24, 2.45) is 0 Å². The lowest BCUT2D eigenvalue weighted by molar-refractivity contribution is -0.134. The summed E-state index contributed by atoms with van der Waals surface area (Å²) in [4.78, 5) is 28.3. The van der Waals surface area contributed by atoms with Crippen molar-refractivity contribution in [2.75, 3.05) is 39.4 Å². The lowest BCUT2D eigenvalue weighted by Crippen LogP contribution is -2.51. The summed E-state index contributed by atoms with van der Waals surface area (Å²) in [6.45, 7) is 3.99. The van der Waals surface area contributed by atoms with Crippen molar-refractivity contribution in [1.29, 1.82) is 0 Å². The molecule has 0 unspecified atom stereocenters. The van der Waals surface area contributed by atoms with Crippen LogP contribution in [0.3, 0.4) is 0 Å². The number of benzene rings is 2. The van der Waals surface area contributed by atoms with Gasteiger partial charge in [-0.15, -0.1) is 0 Å². The molecule has 0 bridgehead atoms. The third-order valence-corrected chi connectivity index (χ3v) is 4.55. The largest absolute Gasteiger partial charge is 0.507 e. The molecular weight excluding hydrogens is 360 g/mol. The van der Waals surface area contributed by atoms with E-state index in [9.17, 15) is 14.7 Å². The lowest BCUT2D eigenvalue weighted by Gasteiger charge is -2.34. The maximum atomic E-state index is 12.5. The fourth-order valence-electron chi connectivity index (χ4n) is 3.06. The Balaban J connectivity index is 1.52. The first-order valence-corrected chi connectivity index (χ1v) is 9.29. The second-order valence-electron chi connectivity index (χ2n) is 6.36. The smallest absolute Gasteiger partial charge is 0.260 e. The van der Waals surface area contributed by atoms with Gasteiger partial charge in [0.05, 0.1) is 12.2 Å². The zero-order valence-corrected chi connectivity index (χ0v) is 15.8. The predicted molar refractivity (Wildman–Crippen MR) is 104 cm³/mol. The zero-order chi connectivity index (χ0) is 19.9. The normalized spacial score (nSPS) is 13.9. The quantitative estimate of drug-likeness (QED) is 0.826. The molecule has 28 heavy (non-hydrogen) atoms. The highest BCUT2D eigenvalue weighted by Gasteiger charge is 2.26. The number of amides is 2. The molecule has 7 heteroatoms. The zero-order valence-electron chi connectivity index (χ0n) is 15.8. The number of phenols is 1. The molecule has 2 aromatic rings. The van der Waals surface area contributed by atoms with E-state index in [-0.39, 0.29) is 29.7 Å². The van der Waals surface area contributed by atoms with Crippen LogP contribution in [0.1, 0.15) is 17.3 Å². The number of hydrogen-bond acceptors (Lipinski definition) is 5. The van der Waals surface area contributed by atoms with Gasteiger partial charge in [0.15, 0.2) is 18.1 Å². The van der Waals surface area contributed by atoms with Gasteiger partial charge in [-0.25, -0.2) is 0 Å². The number of carbonyl (C=O) groups excluding carboxylic acids is 2. The van der Waals surface area contributed by atoms with Crippen LogP contribution < -0.4 is 9.47 Å². The summed E-state index contributed by atoms with van der Waals surface area (Å²) in [6, 6.07) is 13.7. The van der Waals surface area contributed by atoms with Crippen LogP contribution in [0.15, 0.2) is 48.5 Å². The molecular formula is C21H24N2O5. The molecule has 1 fully saturated rings. The first-order chi connectivity index (χ1) is 13.6. The predicted octanol–water partition coefficient (Wildman–Crippen LogP) is 2.15. The van der Waals surface area contributed by atoms with Gasteiger partial charge in [0, 0.05) is 26.2 Å². The van der Waals surface area contributed by atoms with Gasteiger partial charge in [-0.1, -0.05) is 24.3 Å². The van der Waals surface area contributed by atoms with E-state index in [0.29, 0.717) is 44.3 Å². The van der Waals surface area contributed by atoms with Crippen LogP contribution in [0.2, 0.25) is 0 Å². The SMILES string of the molecule is CCOc1ccccc1OCC(=O)N1CCN(C(=O)c2ccccc2O)CC1. The maximum Gasteiger partial charge on any atom is 0.260 e. The minimum absolute atomic E-state index is 0.0348. The fourth-order valence-corrected chi connectivity index (χ4v) is 3.06. The Morgan fingerprint density at radius 3 is 2.11 bits per heavy atom. The Bertz CT molecular complexity index is 831. The van der Waals surface area contributed by atoms with E-state index in [0.717, 1.165) is 0 Å². The molecule has 1 heterocycles. The van der Waals surface area contributed by atoms with E-state index in [4.69, 9.17) is 9.47 Å². The summed E-state index contributed by atoms with van der Waals surface area (Å²) in [5.74, 6) is 0.738. The van der Waals surface area contributed by atoms with Crippen molar-refractivity contribution in [3.8, 4) is 17.2 Å². The fraction of sp³-hybridized carbons (Fsp3) is 0.333. The summed E-state index contributed by atoms with van der Waals surface area (Å²) in [5.41, 5.74) is 0.276. The van der Waals surface area contributed by atoms with Crippen molar-refractivity contribution < 1.29 is 24.2 Å². The molecule has 1 N–H and O–H groups in total. The maximum absolute atomic E-state index is 12.5. The summed E-state index contributed by atoms with van der Waals surface area (Å²) < 4.78 is 11.1. The van der Waals surface area contributed by atoms with Gasteiger partial charge in [-0.2, -0.15) is 0 Å². The van der Waals surface area contributed by atoms with Crippen LogP contribution in [-0.2, 0) is 4.79 Å². The second kappa shape index (κ2) is 9.12. The molecule has 0 spiro atoms. The molecule has 1 aliphatic rings. The molecule has 7 nitrogen and oxygen atoms in total. The molecule has 148 valence electrons. The standard InChI is InChI=1S/C21H24N2O5/c1-2-27-18-9-5-6-10-19(18)28-15-20(25)22-11-13-23(14-12-22)21(26)16-7-3-4-8-17(16)24/h3-10,24H,2,11-15H2,1H3. The molecule has 1 aliphatic heterocycles. The first kappa shape index (κ1) is 19.5. The molecule has 3 rings (SSSR count). The Kier molecular flexibility index (Phi) is 6.37. The summed E-state index contributed by atoms with van der Waals surface area (Å²) in [5, 5.41) is 9.85. The van der Waals surface area contributed by atoms with Crippen molar-refractivity contribution >= 4 is 11.8 Å². The molecule has 0 atom stereocenters. The van der Waals surface area contributed by atoms with Crippen LogP contribution >= 0.6 is 0 Å². The van der Waals surface area contributed by atoms with Crippen molar-refractivity contribution in [3.63, 3.8) is 0 Å². The molecule has 0 aliphatic carbocycles. The van der Waals surface area contributed by atoms with Crippen LogP contribution in [0, 0.1) is 0 Å². The highest BCUT2D eigenvalue weighted by Crippen LogP contribution is 2.26. The highest BCUT2D eigenvalue weighted by atomic mass is 16.5. The molecule has 0 aromatic heterocycles. The van der Waals surface area contributed by atoms with Crippen LogP contribution in [0.25, 0.3) is 0 Å². The molecule has 0 radical (unpaired) electrons. The Morgan fingerprint density at radius 2 is 1.46 bits per heavy atom. The number of aromatic hydroxyl groups is 1. The topological polar surface area (TPSA) is 79.3 Å². The Labute approximate surface area is 164 Å². The Hall–Kier alpha value is -3.22. The third-order valence-electron chi connectivity index (χ3n) is 4.55. The monoisotopic (exact) mass is 384 g/mol. The average molecular weight is 384 g/mol. The number of ether oxygens (including phenoxy) is 2. The summed E-state index contributed by atoms with van der Waals surface area (Å²) in [7, 11) is 0. The van der Waals surface area contributed by atoms with Gasteiger partial charge in [0.25, 0.3) is 11.8 Å². The van der Waals surface area contributed by atoms with E-state index in [1.54, 1.807) is 40.1 Å². The number of piperazine rings is 1. The summed E-state index contributed by atoms with van der Waals surface area (Å²) in [6.07, 6.45) is 0. The third kappa shape index (κ3) is 4.54. The first-order valence-electron chi connectivity index (χ1n) is 9.29. The minimum atomic E-state index is -0.230. The minimum Gasteiger partial charge on any atom is -0.507 e. The van der Waals surface area contributed by atoms with Gasteiger partial charge in [-0.05, 0) is 31.2 Å². The number of hydrogen-bond donors (Lipinski definition) is 1. The van der Waals surface area contributed by atoms with Gasteiger partial charge in [0.2, 0.25) is 0 Å². The van der Waals surface area contributed by atoms with Gasteiger partial charge >= 0.3 is 0 Å². The van der Waals surface area contributed by atoms with E-state index >= 15 is 0 Å². The van der Waals surface area contributed by atoms with Crippen LogP contribution in [0.4, 0.5) is 0 Å². The molecule has 2 amide bonds. The van der Waals surface area contributed by atoms with E-state index in [2.05, 4.69) is 0 Å². The molecule has 1 saturated heterocycles. The van der Waals surface area contributed by atoms with Gasteiger partial charge < -0.3 is 24.4 Å². The Morgan fingerprint density at radius 1 is 0.893 bits per heavy atom. The number of para-hydroxylation sites is 3. The molecule has 2 aromatic carbocycles. The van der Waals surface area contributed by atoms with E-state index in [1.807, 2.05) is 19.1 Å². The number of carbonyl (C=O) groups is 2. The van der Waals surface area contributed by atoms with Crippen LogP contribution in [-0.4, -0.2) is 66.1 Å². The van der Waals surface area contributed by atoms with Crippen molar-refractivity contribution in [3.05, 3.63) is 54.1 Å². The van der Waals surface area contributed by atoms with Gasteiger partial charge in [0.1, 0.15) is 5.75 Å². The van der Waals surface area contributed by atoms with Crippen LogP contribution in [0.5, 0.6) is 17.2 Å². The number of rotatable bonds is 6. The average Bonchev–Trinajstić information content (AvgIpc) is 2.73. The summed E-state index contributed by atoms with van der Waals surface area (Å²) >= 11 is 0. The van der Waals surface area contributed by atoms with Gasteiger partial charge in [-0.3, -0.25) is 9.59 Å². The number of nitrogens with zero attached hydrogens (tertiary/aromatic N) is 2. The van der Waals surface area contributed by atoms with E-state index < -0.39 is 0 Å². The van der Waals surface area contributed by atoms with Crippen molar-refractivity contribution in [1.82, 2.24) is 9.80 Å². The molecule has 0 saturated carbocycles. The number of phenolic OH excluding ortho intramolecular Hbond substituents is 1.